The molecule has 0 spiro atoms. The van der Waals surface area contributed by atoms with Crippen molar-refractivity contribution in [3.63, 3.8) is 0 Å². The first-order chi connectivity index (χ1) is 7.52. The van der Waals surface area contributed by atoms with E-state index in [4.69, 9.17) is 0 Å². The van der Waals surface area contributed by atoms with Gasteiger partial charge in [-0.05, 0) is 25.3 Å². The first-order valence-corrected chi connectivity index (χ1v) is 4.70. The van der Waals surface area contributed by atoms with Gasteiger partial charge in [0.2, 0.25) is 0 Å². The molecule has 8 nitrogen and oxygen atoms in total. The number of nitrogens with zero attached hydrogens (tertiary/aromatic N) is 2. The minimum absolute atomic E-state index is 0.282. The molecule has 1 aliphatic carbocycles. The summed E-state index contributed by atoms with van der Waals surface area (Å²) in [6, 6.07) is 0. The minimum Gasteiger partial charge on any atom is -0.421 e. The summed E-state index contributed by atoms with van der Waals surface area (Å²) in [6.07, 6.45) is 2.04. The minimum atomic E-state index is -2.54. The van der Waals surface area contributed by atoms with E-state index in [9.17, 15) is 25.0 Å². The summed E-state index contributed by atoms with van der Waals surface area (Å²) in [5.74, 6) is -1.16. The molecule has 0 atom stereocenters. The molecule has 0 heterocycles. The van der Waals surface area contributed by atoms with Gasteiger partial charge in [0.1, 0.15) is 15.6 Å². The zero-order valence-electron chi connectivity index (χ0n) is 8.33. The fraction of sp³-hybridized carbons (Fsp3) is 0.625. The van der Waals surface area contributed by atoms with Crippen molar-refractivity contribution in [2.24, 2.45) is 0 Å². The predicted octanol–water partition coefficient (Wildman–Crippen LogP) is 0.867. The van der Waals surface area contributed by atoms with Crippen molar-refractivity contribution in [3.8, 4) is 0 Å². The second kappa shape index (κ2) is 5.19. The molecule has 0 saturated heterocycles. The summed E-state index contributed by atoms with van der Waals surface area (Å²) in [6.45, 7) is 0. The van der Waals surface area contributed by atoms with Crippen LogP contribution < -0.4 is 0 Å². The summed E-state index contributed by atoms with van der Waals surface area (Å²) in [7, 11) is 0. The second-order valence-corrected chi connectivity index (χ2v) is 3.28. The number of hydrogen-bond donors (Lipinski definition) is 0. The Hall–Kier alpha value is -1.99. The van der Waals surface area contributed by atoms with Crippen molar-refractivity contribution < 1.29 is 19.4 Å². The lowest BCUT2D eigenvalue weighted by atomic mass is 10.1. The molecule has 0 radical (unpaired) electrons. The van der Waals surface area contributed by atoms with Crippen LogP contribution in [0, 0.1) is 20.2 Å². The average molecular weight is 230 g/mol. The third kappa shape index (κ3) is 3.01. The Bertz CT molecular complexity index is 336. The Kier molecular flexibility index (Phi) is 3.92. The lowest BCUT2D eigenvalue weighted by Crippen LogP contribution is -2.38. The van der Waals surface area contributed by atoms with E-state index in [1.807, 2.05) is 0 Å². The number of allylic oxidation sites excluding steroid dienone is 2. The molecule has 0 amide bonds. The van der Waals surface area contributed by atoms with Gasteiger partial charge in [0.15, 0.2) is 0 Å². The standard InChI is InChI=1S/C8H10N2O6/c11-8(7(9(12)13)10(14)15)16-6-4-2-1-3-5-6/h4,7H,1-3,5H2. The lowest BCUT2D eigenvalue weighted by Gasteiger charge is -2.11. The second-order valence-electron chi connectivity index (χ2n) is 3.28. The van der Waals surface area contributed by atoms with E-state index in [-0.39, 0.29) is 5.76 Å². The molecule has 0 aromatic rings. The average Bonchev–Trinajstić information content (AvgIpc) is 2.17. The predicted molar refractivity (Wildman–Crippen MR) is 50.4 cm³/mol. The topological polar surface area (TPSA) is 113 Å². The van der Waals surface area contributed by atoms with Crippen LogP contribution in [0.2, 0.25) is 0 Å². The summed E-state index contributed by atoms with van der Waals surface area (Å²) in [5.41, 5.74) is 0. The molecule has 16 heavy (non-hydrogen) atoms. The number of esters is 1. The van der Waals surface area contributed by atoms with Gasteiger partial charge in [-0.3, -0.25) is 20.2 Å². The van der Waals surface area contributed by atoms with Crippen LogP contribution in [0.1, 0.15) is 25.7 Å². The van der Waals surface area contributed by atoms with Crippen LogP contribution in [0.4, 0.5) is 0 Å². The highest BCUT2D eigenvalue weighted by Gasteiger charge is 2.44. The Morgan fingerprint density at radius 3 is 2.38 bits per heavy atom. The van der Waals surface area contributed by atoms with Crippen LogP contribution in [-0.4, -0.2) is 22.0 Å². The van der Waals surface area contributed by atoms with Gasteiger partial charge in [0, 0.05) is 6.42 Å². The van der Waals surface area contributed by atoms with Crippen LogP contribution in [0.5, 0.6) is 0 Å². The highest BCUT2D eigenvalue weighted by Crippen LogP contribution is 2.18. The van der Waals surface area contributed by atoms with Gasteiger partial charge in [0.05, 0.1) is 0 Å². The maximum Gasteiger partial charge on any atom is 0.545 e. The summed E-state index contributed by atoms with van der Waals surface area (Å²) < 4.78 is 4.61. The van der Waals surface area contributed by atoms with Gasteiger partial charge in [-0.15, -0.1) is 0 Å². The molecule has 1 aliphatic rings. The van der Waals surface area contributed by atoms with Crippen molar-refractivity contribution >= 4 is 5.97 Å². The first kappa shape index (κ1) is 12.1. The van der Waals surface area contributed by atoms with E-state index in [1.54, 1.807) is 6.08 Å². The zero-order chi connectivity index (χ0) is 12.1. The third-order valence-electron chi connectivity index (χ3n) is 2.09. The molecule has 0 N–H and O–H groups in total. The molecular weight excluding hydrogens is 220 g/mol. The van der Waals surface area contributed by atoms with E-state index in [1.165, 1.54) is 0 Å². The highest BCUT2D eigenvalue weighted by atomic mass is 16.7. The first-order valence-electron chi connectivity index (χ1n) is 4.70. The van der Waals surface area contributed by atoms with Crippen LogP contribution in [0.15, 0.2) is 11.8 Å². The number of ether oxygens (including phenoxy) is 1. The van der Waals surface area contributed by atoms with Crippen molar-refractivity contribution in [1.82, 2.24) is 0 Å². The highest BCUT2D eigenvalue weighted by molar-refractivity contribution is 5.73. The molecule has 0 aliphatic heterocycles. The molecule has 1 rings (SSSR count). The van der Waals surface area contributed by atoms with Crippen molar-refractivity contribution in [2.45, 2.75) is 31.8 Å². The maximum atomic E-state index is 11.1. The van der Waals surface area contributed by atoms with Gasteiger partial charge in [-0.25, -0.2) is 4.79 Å². The molecule has 0 unspecified atom stereocenters. The summed E-state index contributed by atoms with van der Waals surface area (Å²) in [4.78, 5) is 29.1. The number of hydrogen-bond acceptors (Lipinski definition) is 6. The Morgan fingerprint density at radius 2 is 1.94 bits per heavy atom. The zero-order valence-corrected chi connectivity index (χ0v) is 8.33. The van der Waals surface area contributed by atoms with Crippen LogP contribution in [0.3, 0.4) is 0 Å². The normalized spacial score (nSPS) is 15.4. The van der Waals surface area contributed by atoms with Gasteiger partial charge >= 0.3 is 12.1 Å². The molecule has 8 heteroatoms. The Labute approximate surface area is 90.2 Å². The molecule has 0 saturated carbocycles. The van der Waals surface area contributed by atoms with E-state index < -0.39 is 22.0 Å². The van der Waals surface area contributed by atoms with E-state index in [0.717, 1.165) is 12.8 Å². The largest absolute Gasteiger partial charge is 0.545 e. The van der Waals surface area contributed by atoms with Gasteiger partial charge < -0.3 is 4.74 Å². The smallest absolute Gasteiger partial charge is 0.421 e. The molecule has 0 fully saturated rings. The number of rotatable bonds is 4. The van der Waals surface area contributed by atoms with Gasteiger partial charge in [0.25, 0.3) is 0 Å². The van der Waals surface area contributed by atoms with Crippen molar-refractivity contribution in [3.05, 3.63) is 32.1 Å². The Morgan fingerprint density at radius 1 is 1.31 bits per heavy atom. The molecule has 0 aromatic carbocycles. The third-order valence-corrected chi connectivity index (χ3v) is 2.09. The molecule has 0 bridgehead atoms. The summed E-state index contributed by atoms with van der Waals surface area (Å²) >= 11 is 0. The molecule has 0 aromatic heterocycles. The Balaban J connectivity index is 2.65. The quantitative estimate of drug-likeness (QED) is 0.306. The van der Waals surface area contributed by atoms with Gasteiger partial charge in [-0.2, -0.15) is 0 Å². The fourth-order valence-corrected chi connectivity index (χ4v) is 1.33. The summed E-state index contributed by atoms with van der Waals surface area (Å²) in [5, 5.41) is 20.5. The molecular formula is C8H10N2O6. The van der Waals surface area contributed by atoms with Crippen LogP contribution >= 0.6 is 0 Å². The number of nitro groups is 2. The van der Waals surface area contributed by atoms with Crippen molar-refractivity contribution in [1.29, 1.82) is 0 Å². The lowest BCUT2D eigenvalue weighted by molar-refractivity contribution is -0.725. The maximum absolute atomic E-state index is 11.1. The van der Waals surface area contributed by atoms with E-state index >= 15 is 0 Å². The van der Waals surface area contributed by atoms with Crippen LogP contribution in [-0.2, 0) is 9.53 Å². The number of carbonyl (C=O) groups excluding carboxylic acids is 1. The SMILES string of the molecule is O=C(OC1=CCCCC1)C([N+](=O)[O-])[N+](=O)[O-]. The van der Waals surface area contributed by atoms with Gasteiger partial charge in [-0.1, -0.05) is 0 Å². The molecule has 88 valence electrons. The fourth-order valence-electron chi connectivity index (χ4n) is 1.33. The van der Waals surface area contributed by atoms with Crippen molar-refractivity contribution in [2.75, 3.05) is 0 Å². The van der Waals surface area contributed by atoms with Crippen LogP contribution in [0.25, 0.3) is 0 Å². The van der Waals surface area contributed by atoms with E-state index in [2.05, 4.69) is 4.74 Å². The van der Waals surface area contributed by atoms with E-state index in [0.29, 0.717) is 12.8 Å². The monoisotopic (exact) mass is 230 g/mol. The number of carbonyl (C=O) groups is 1.